The number of aromatic nitrogens is 5. The summed E-state index contributed by atoms with van der Waals surface area (Å²) in [6.07, 6.45) is 1.95. The van der Waals surface area contributed by atoms with E-state index in [0.29, 0.717) is 12.4 Å². The van der Waals surface area contributed by atoms with Crippen LogP contribution in [0.2, 0.25) is 0 Å². The first-order chi connectivity index (χ1) is 14.1. The molecule has 0 aliphatic carbocycles. The van der Waals surface area contributed by atoms with Gasteiger partial charge >= 0.3 is 0 Å². The van der Waals surface area contributed by atoms with Crippen LogP contribution in [0.15, 0.2) is 24.4 Å². The van der Waals surface area contributed by atoms with Gasteiger partial charge in [0, 0.05) is 30.6 Å². The number of amides is 1. The summed E-state index contributed by atoms with van der Waals surface area (Å²) in [5.41, 5.74) is 2.58. The van der Waals surface area contributed by atoms with E-state index < -0.39 is 0 Å². The fraction of sp³-hybridized carbons (Fsp3) is 0.474. The highest BCUT2D eigenvalue weighted by Crippen LogP contribution is 2.26. The molecule has 0 spiro atoms. The van der Waals surface area contributed by atoms with Crippen LogP contribution in [0.1, 0.15) is 0 Å². The largest absolute Gasteiger partial charge is 0.379 e. The second kappa shape index (κ2) is 8.68. The van der Waals surface area contributed by atoms with Gasteiger partial charge in [0.05, 0.1) is 38.0 Å². The molecular formula is C19H26N8O2. The van der Waals surface area contributed by atoms with E-state index in [0.717, 1.165) is 61.6 Å². The van der Waals surface area contributed by atoms with Gasteiger partial charge in [-0.15, -0.1) is 5.10 Å². The number of hydrogen-bond acceptors (Lipinski definition) is 7. The Morgan fingerprint density at radius 3 is 2.90 bits per heavy atom. The van der Waals surface area contributed by atoms with Crippen LogP contribution < -0.4 is 5.32 Å². The van der Waals surface area contributed by atoms with Crippen LogP contribution in [0.4, 0.5) is 5.82 Å². The molecule has 1 fully saturated rings. The number of fused-ring (bicyclic) bond motifs is 1. The highest BCUT2D eigenvalue weighted by atomic mass is 16.5. The molecule has 2 aromatic heterocycles. The molecule has 0 saturated carbocycles. The molecule has 3 heterocycles. The minimum absolute atomic E-state index is 0.108. The van der Waals surface area contributed by atoms with Crippen molar-refractivity contribution in [2.75, 3.05) is 58.8 Å². The van der Waals surface area contributed by atoms with E-state index in [1.807, 2.05) is 48.1 Å². The Balaban J connectivity index is 1.47. The van der Waals surface area contributed by atoms with Crippen LogP contribution in [0.25, 0.3) is 22.2 Å². The van der Waals surface area contributed by atoms with Crippen molar-refractivity contribution in [2.45, 2.75) is 6.54 Å². The Morgan fingerprint density at radius 2 is 2.10 bits per heavy atom. The molecule has 1 amide bonds. The third-order valence-corrected chi connectivity index (χ3v) is 4.86. The van der Waals surface area contributed by atoms with Crippen LogP contribution in [0.3, 0.4) is 0 Å². The average molecular weight is 398 g/mol. The summed E-state index contributed by atoms with van der Waals surface area (Å²) < 4.78 is 7.25. The zero-order valence-electron chi connectivity index (χ0n) is 16.8. The lowest BCUT2D eigenvalue weighted by Gasteiger charge is -2.26. The Hall–Kier alpha value is -2.82. The number of aromatic amines is 1. The van der Waals surface area contributed by atoms with Crippen molar-refractivity contribution in [2.24, 2.45) is 0 Å². The summed E-state index contributed by atoms with van der Waals surface area (Å²) >= 11 is 0. The topological polar surface area (TPSA) is 104 Å². The highest BCUT2D eigenvalue weighted by Gasteiger charge is 2.14. The first kappa shape index (κ1) is 19.5. The van der Waals surface area contributed by atoms with E-state index in [4.69, 9.17) is 4.74 Å². The zero-order valence-corrected chi connectivity index (χ0v) is 16.8. The Morgan fingerprint density at radius 1 is 1.28 bits per heavy atom. The van der Waals surface area contributed by atoms with Crippen molar-refractivity contribution in [3.63, 3.8) is 0 Å². The number of nitrogens with one attached hydrogen (secondary N) is 2. The maximum Gasteiger partial charge on any atom is 0.239 e. The number of morpholine rings is 1. The van der Waals surface area contributed by atoms with Gasteiger partial charge in [-0.1, -0.05) is 11.3 Å². The third kappa shape index (κ3) is 4.78. The summed E-state index contributed by atoms with van der Waals surface area (Å²) in [4.78, 5) is 16.3. The lowest BCUT2D eigenvalue weighted by molar-refractivity contribution is -0.116. The minimum Gasteiger partial charge on any atom is -0.379 e. The maximum atomic E-state index is 12.1. The molecular weight excluding hydrogens is 372 g/mol. The highest BCUT2D eigenvalue weighted by molar-refractivity contribution is 6.01. The molecule has 29 heavy (non-hydrogen) atoms. The van der Waals surface area contributed by atoms with Crippen molar-refractivity contribution >= 4 is 22.6 Å². The first-order valence-corrected chi connectivity index (χ1v) is 9.72. The van der Waals surface area contributed by atoms with Crippen molar-refractivity contribution in [3.05, 3.63) is 24.4 Å². The van der Waals surface area contributed by atoms with E-state index in [1.54, 1.807) is 0 Å². The number of ether oxygens (including phenoxy) is 1. The van der Waals surface area contributed by atoms with Crippen LogP contribution in [-0.2, 0) is 16.1 Å². The van der Waals surface area contributed by atoms with Crippen molar-refractivity contribution in [1.82, 2.24) is 35.0 Å². The number of H-pyrrole nitrogens is 1. The van der Waals surface area contributed by atoms with Crippen LogP contribution in [0.5, 0.6) is 0 Å². The summed E-state index contributed by atoms with van der Waals surface area (Å²) in [6, 6.07) is 5.88. The van der Waals surface area contributed by atoms with Crippen molar-refractivity contribution in [1.29, 1.82) is 0 Å². The predicted molar refractivity (Wildman–Crippen MR) is 110 cm³/mol. The number of rotatable bonds is 7. The van der Waals surface area contributed by atoms with Gasteiger partial charge in [-0.25, -0.2) is 0 Å². The van der Waals surface area contributed by atoms with E-state index in [2.05, 4.69) is 30.7 Å². The van der Waals surface area contributed by atoms with Gasteiger partial charge in [0.15, 0.2) is 5.82 Å². The van der Waals surface area contributed by atoms with Crippen molar-refractivity contribution in [3.8, 4) is 11.3 Å². The fourth-order valence-electron chi connectivity index (χ4n) is 3.34. The SMILES string of the molecule is CN(C)CC(=O)Nc1n[nH]c2ccc(-c3cn(CCN4CCOCC4)nn3)cc12. The third-order valence-electron chi connectivity index (χ3n) is 4.86. The van der Waals surface area contributed by atoms with Gasteiger partial charge in [-0.05, 0) is 26.2 Å². The lowest BCUT2D eigenvalue weighted by atomic mass is 10.1. The van der Waals surface area contributed by atoms with Gasteiger partial charge in [-0.2, -0.15) is 5.10 Å². The van der Waals surface area contributed by atoms with Crippen molar-refractivity contribution < 1.29 is 9.53 Å². The quantitative estimate of drug-likeness (QED) is 0.602. The number of nitrogens with zero attached hydrogens (tertiary/aromatic N) is 6. The summed E-state index contributed by atoms with van der Waals surface area (Å²) in [7, 11) is 3.70. The number of benzene rings is 1. The number of anilines is 1. The molecule has 10 nitrogen and oxygen atoms in total. The van der Waals surface area contributed by atoms with Gasteiger partial charge in [0.25, 0.3) is 0 Å². The first-order valence-electron chi connectivity index (χ1n) is 9.72. The molecule has 0 radical (unpaired) electrons. The zero-order chi connectivity index (χ0) is 20.2. The smallest absolute Gasteiger partial charge is 0.239 e. The molecule has 4 rings (SSSR count). The average Bonchev–Trinajstić information content (AvgIpc) is 3.34. The Labute approximate surface area is 168 Å². The van der Waals surface area contributed by atoms with Gasteiger partial charge < -0.3 is 15.0 Å². The Bertz CT molecular complexity index is 974. The van der Waals surface area contributed by atoms with Crippen LogP contribution >= 0.6 is 0 Å². The van der Waals surface area contributed by atoms with Gasteiger partial charge in [-0.3, -0.25) is 19.5 Å². The molecule has 1 aromatic carbocycles. The lowest BCUT2D eigenvalue weighted by Crippen LogP contribution is -2.38. The molecule has 1 aliphatic rings. The molecule has 0 bridgehead atoms. The van der Waals surface area contributed by atoms with Gasteiger partial charge in [0.1, 0.15) is 5.69 Å². The molecule has 0 unspecified atom stereocenters. The molecule has 0 atom stereocenters. The number of likely N-dealkylation sites (N-methyl/N-ethyl adjacent to an activating group) is 1. The monoisotopic (exact) mass is 398 g/mol. The summed E-state index contributed by atoms with van der Waals surface area (Å²) in [5, 5.41) is 19.5. The normalized spacial score (nSPS) is 15.3. The molecule has 154 valence electrons. The van der Waals surface area contributed by atoms with E-state index in [-0.39, 0.29) is 5.91 Å². The molecule has 1 aliphatic heterocycles. The van der Waals surface area contributed by atoms with E-state index in [1.165, 1.54) is 0 Å². The minimum atomic E-state index is -0.108. The Kier molecular flexibility index (Phi) is 5.84. The fourth-order valence-corrected chi connectivity index (χ4v) is 3.34. The second-order valence-corrected chi connectivity index (χ2v) is 7.44. The molecule has 3 aromatic rings. The molecule has 2 N–H and O–H groups in total. The summed E-state index contributed by atoms with van der Waals surface area (Å²) in [6.45, 7) is 5.51. The van der Waals surface area contributed by atoms with E-state index in [9.17, 15) is 4.79 Å². The maximum absolute atomic E-state index is 12.1. The van der Waals surface area contributed by atoms with Crippen LogP contribution in [-0.4, -0.2) is 94.4 Å². The molecule has 10 heteroatoms. The second-order valence-electron chi connectivity index (χ2n) is 7.44. The van der Waals surface area contributed by atoms with Crippen LogP contribution in [0, 0.1) is 0 Å². The number of carbonyl (C=O) groups is 1. The molecule has 1 saturated heterocycles. The predicted octanol–water partition coefficient (Wildman–Crippen LogP) is 0.654. The standard InChI is InChI=1S/C19H26N8O2/c1-25(2)13-18(28)20-19-15-11-14(3-4-16(15)21-23-19)17-12-27(24-22-17)6-5-26-7-9-29-10-8-26/h3-4,11-12H,5-10,13H2,1-2H3,(H2,20,21,23,28). The van der Waals surface area contributed by atoms with E-state index >= 15 is 0 Å². The number of hydrogen-bond donors (Lipinski definition) is 2. The number of carbonyl (C=O) groups excluding carboxylic acids is 1. The van der Waals surface area contributed by atoms with Gasteiger partial charge in [0.2, 0.25) is 5.91 Å². The summed E-state index contributed by atoms with van der Waals surface area (Å²) in [5.74, 6) is 0.413.